The van der Waals surface area contributed by atoms with Crippen molar-refractivity contribution >= 4 is 11.6 Å². The fourth-order valence-corrected chi connectivity index (χ4v) is 3.31. The summed E-state index contributed by atoms with van der Waals surface area (Å²) in [6.45, 7) is 6.99. The van der Waals surface area contributed by atoms with Crippen LogP contribution in [0.2, 0.25) is 0 Å². The van der Waals surface area contributed by atoms with Crippen LogP contribution in [0.1, 0.15) is 33.9 Å². The Balaban J connectivity index is 1.88. The lowest BCUT2D eigenvalue weighted by atomic mass is 9.93. The molecule has 0 radical (unpaired) electrons. The van der Waals surface area contributed by atoms with Crippen LogP contribution in [0, 0.1) is 20.8 Å². The van der Waals surface area contributed by atoms with Gasteiger partial charge in [-0.3, -0.25) is 4.79 Å². The van der Waals surface area contributed by atoms with Crippen molar-refractivity contribution in [2.45, 2.75) is 33.2 Å². The first-order valence-electron chi connectivity index (χ1n) is 7.76. The maximum absolute atomic E-state index is 12.7. The first-order valence-corrected chi connectivity index (χ1v) is 7.76. The summed E-state index contributed by atoms with van der Waals surface area (Å²) in [5.74, 6) is 0.0159. The van der Waals surface area contributed by atoms with Crippen molar-refractivity contribution in [2.24, 2.45) is 0 Å². The van der Waals surface area contributed by atoms with Crippen LogP contribution < -0.4 is 10.6 Å². The average Bonchev–Trinajstić information content (AvgIpc) is 2.50. The lowest BCUT2D eigenvalue weighted by Crippen LogP contribution is -2.38. The van der Waals surface area contributed by atoms with Crippen molar-refractivity contribution in [3.8, 4) is 0 Å². The Bertz CT molecular complexity index is 698. The summed E-state index contributed by atoms with van der Waals surface area (Å²) in [7, 11) is 0. The lowest BCUT2D eigenvalue weighted by molar-refractivity contribution is -0.118. The molecule has 3 nitrogen and oxygen atoms in total. The monoisotopic (exact) mass is 294 g/mol. The highest BCUT2D eigenvalue weighted by Crippen LogP contribution is 2.26. The highest BCUT2D eigenvalue weighted by molar-refractivity contribution is 5.97. The molecule has 2 N–H and O–H groups in total. The summed E-state index contributed by atoms with van der Waals surface area (Å²) >= 11 is 0. The van der Waals surface area contributed by atoms with Gasteiger partial charge in [0.05, 0.1) is 0 Å². The zero-order valence-electron chi connectivity index (χ0n) is 13.4. The van der Waals surface area contributed by atoms with E-state index in [4.69, 9.17) is 0 Å². The number of benzene rings is 2. The zero-order chi connectivity index (χ0) is 15.7. The number of amides is 1. The van der Waals surface area contributed by atoms with Crippen molar-refractivity contribution < 1.29 is 4.79 Å². The normalized spacial score (nSPS) is 17.0. The summed E-state index contributed by atoms with van der Waals surface area (Å²) < 4.78 is 0. The first-order chi connectivity index (χ1) is 10.6. The number of hydrogen-bond acceptors (Lipinski definition) is 2. The van der Waals surface area contributed by atoms with E-state index in [9.17, 15) is 4.79 Å². The topological polar surface area (TPSA) is 41.1 Å². The third-order valence-electron chi connectivity index (χ3n) is 4.30. The van der Waals surface area contributed by atoms with Gasteiger partial charge in [0.2, 0.25) is 5.91 Å². The number of hydrogen-bond donors (Lipinski definition) is 2. The summed E-state index contributed by atoms with van der Waals surface area (Å²) in [5, 5.41) is 6.45. The quantitative estimate of drug-likeness (QED) is 0.891. The summed E-state index contributed by atoms with van der Waals surface area (Å²) in [4.78, 5) is 12.7. The smallest absolute Gasteiger partial charge is 0.246 e. The molecule has 0 saturated heterocycles. The summed E-state index contributed by atoms with van der Waals surface area (Å²) in [6.07, 6.45) is 0.975. The number of anilines is 1. The van der Waals surface area contributed by atoms with Gasteiger partial charge in [0.15, 0.2) is 0 Å². The lowest BCUT2D eigenvalue weighted by Gasteiger charge is -2.26. The Kier molecular flexibility index (Phi) is 3.99. The Hall–Kier alpha value is -2.13. The van der Waals surface area contributed by atoms with E-state index in [2.05, 4.69) is 35.8 Å². The molecule has 0 bridgehead atoms. The summed E-state index contributed by atoms with van der Waals surface area (Å²) in [6, 6.07) is 12.1. The molecule has 1 heterocycles. The van der Waals surface area contributed by atoms with Crippen molar-refractivity contribution in [2.75, 3.05) is 11.9 Å². The van der Waals surface area contributed by atoms with E-state index in [1.165, 1.54) is 11.1 Å². The maximum Gasteiger partial charge on any atom is 0.246 e. The molecular formula is C19H22N2O. The molecule has 1 aliphatic heterocycles. The van der Waals surface area contributed by atoms with E-state index < -0.39 is 0 Å². The van der Waals surface area contributed by atoms with Crippen LogP contribution >= 0.6 is 0 Å². The van der Waals surface area contributed by atoms with Gasteiger partial charge < -0.3 is 10.6 Å². The maximum atomic E-state index is 12.7. The molecule has 0 aromatic heterocycles. The standard InChI is InChI=1S/C19H22N2O/c1-12-10-13(2)17(14(3)11-12)21-19(22)18-16-7-5-4-6-15(16)8-9-20-18/h4-7,10-11,18,20H,8-9H2,1-3H3,(H,21,22). The van der Waals surface area contributed by atoms with Crippen LogP contribution in [0.15, 0.2) is 36.4 Å². The van der Waals surface area contributed by atoms with Crippen LogP contribution in [0.3, 0.4) is 0 Å². The predicted molar refractivity (Wildman–Crippen MR) is 90.2 cm³/mol. The van der Waals surface area contributed by atoms with E-state index in [1.54, 1.807) is 0 Å². The fourth-order valence-electron chi connectivity index (χ4n) is 3.31. The van der Waals surface area contributed by atoms with Crippen molar-refractivity contribution in [1.29, 1.82) is 0 Å². The Morgan fingerprint density at radius 3 is 2.55 bits per heavy atom. The molecule has 0 fully saturated rings. The van der Waals surface area contributed by atoms with Gasteiger partial charge in [0.25, 0.3) is 0 Å². The van der Waals surface area contributed by atoms with Gasteiger partial charge in [0, 0.05) is 12.2 Å². The molecule has 2 aromatic rings. The minimum Gasteiger partial charge on any atom is -0.324 e. The third kappa shape index (κ3) is 2.77. The molecule has 1 amide bonds. The van der Waals surface area contributed by atoms with Gasteiger partial charge in [-0.1, -0.05) is 42.0 Å². The van der Waals surface area contributed by atoms with E-state index in [-0.39, 0.29) is 11.9 Å². The number of fused-ring (bicyclic) bond motifs is 1. The van der Waals surface area contributed by atoms with Crippen molar-refractivity contribution in [3.05, 3.63) is 64.2 Å². The number of aryl methyl sites for hydroxylation is 3. The highest BCUT2D eigenvalue weighted by Gasteiger charge is 2.26. The largest absolute Gasteiger partial charge is 0.324 e. The molecule has 1 unspecified atom stereocenters. The molecule has 114 valence electrons. The van der Waals surface area contributed by atoms with Crippen LogP contribution in [-0.2, 0) is 11.2 Å². The number of carbonyl (C=O) groups is 1. The molecule has 1 atom stereocenters. The van der Waals surface area contributed by atoms with Crippen LogP contribution in [0.5, 0.6) is 0 Å². The van der Waals surface area contributed by atoms with Crippen LogP contribution in [-0.4, -0.2) is 12.5 Å². The number of nitrogens with one attached hydrogen (secondary N) is 2. The third-order valence-corrected chi connectivity index (χ3v) is 4.30. The van der Waals surface area contributed by atoms with Gasteiger partial charge in [-0.05, 0) is 49.4 Å². The van der Waals surface area contributed by atoms with Crippen LogP contribution in [0.4, 0.5) is 5.69 Å². The van der Waals surface area contributed by atoms with Gasteiger partial charge in [-0.25, -0.2) is 0 Å². The average molecular weight is 294 g/mol. The highest BCUT2D eigenvalue weighted by atomic mass is 16.2. The second-order valence-corrected chi connectivity index (χ2v) is 6.10. The van der Waals surface area contributed by atoms with Crippen molar-refractivity contribution in [1.82, 2.24) is 5.32 Å². The summed E-state index contributed by atoms with van der Waals surface area (Å²) in [5.41, 5.74) is 6.71. The van der Waals surface area contributed by atoms with E-state index in [0.717, 1.165) is 35.3 Å². The molecule has 0 aliphatic carbocycles. The molecular weight excluding hydrogens is 272 g/mol. The molecule has 0 saturated carbocycles. The molecule has 22 heavy (non-hydrogen) atoms. The second-order valence-electron chi connectivity index (χ2n) is 6.10. The molecule has 2 aromatic carbocycles. The molecule has 3 rings (SSSR count). The van der Waals surface area contributed by atoms with Gasteiger partial charge in [0.1, 0.15) is 6.04 Å². The molecule has 1 aliphatic rings. The number of rotatable bonds is 2. The Morgan fingerprint density at radius 2 is 1.82 bits per heavy atom. The zero-order valence-corrected chi connectivity index (χ0v) is 13.4. The Labute approximate surface area is 131 Å². The minimum absolute atomic E-state index is 0.0159. The minimum atomic E-state index is -0.273. The molecule has 0 spiro atoms. The van der Waals surface area contributed by atoms with E-state index in [1.807, 2.05) is 32.0 Å². The van der Waals surface area contributed by atoms with Crippen molar-refractivity contribution in [3.63, 3.8) is 0 Å². The molecule has 3 heteroatoms. The van der Waals surface area contributed by atoms with Gasteiger partial charge in [-0.2, -0.15) is 0 Å². The SMILES string of the molecule is Cc1cc(C)c(NC(=O)C2NCCc3ccccc32)c(C)c1. The van der Waals surface area contributed by atoms with Gasteiger partial charge >= 0.3 is 0 Å². The number of carbonyl (C=O) groups excluding carboxylic acids is 1. The predicted octanol–water partition coefficient (Wildman–Crippen LogP) is 3.44. The first kappa shape index (κ1) is 14.8. The Morgan fingerprint density at radius 1 is 1.14 bits per heavy atom. The van der Waals surface area contributed by atoms with Gasteiger partial charge in [-0.15, -0.1) is 0 Å². The fraction of sp³-hybridized carbons (Fsp3) is 0.316. The second kappa shape index (κ2) is 5.93. The van der Waals surface area contributed by atoms with E-state index >= 15 is 0 Å². The van der Waals surface area contributed by atoms with Crippen LogP contribution in [0.25, 0.3) is 0 Å². The van der Waals surface area contributed by atoms with E-state index in [0.29, 0.717) is 0 Å².